The van der Waals surface area contributed by atoms with E-state index in [2.05, 4.69) is 196 Å². The molecule has 7 aromatic carbocycles. The zero-order valence-corrected chi connectivity index (χ0v) is 29.5. The van der Waals surface area contributed by atoms with Crippen LogP contribution in [-0.2, 0) is 5.41 Å². The van der Waals surface area contributed by atoms with Crippen LogP contribution in [0.15, 0.2) is 170 Å². The lowest BCUT2D eigenvalue weighted by molar-refractivity contribution is 0.623. The fraction of sp³-hybridized carbons (Fsp3) is 0.120. The first-order valence-corrected chi connectivity index (χ1v) is 18.1. The number of fused-ring (bicyclic) bond motifs is 6. The minimum absolute atomic E-state index is 0.0773. The Morgan fingerprint density at radius 3 is 2.14 bits per heavy atom. The molecule has 1 nitrogen and oxygen atoms in total. The minimum atomic E-state index is -0.0910. The summed E-state index contributed by atoms with van der Waals surface area (Å²) in [5, 5.41) is 5.00. The van der Waals surface area contributed by atoms with Crippen LogP contribution >= 0.6 is 0 Å². The number of allylic oxidation sites excluding steroid dienone is 2. The molecule has 7 aromatic rings. The third-order valence-electron chi connectivity index (χ3n) is 11.3. The molecule has 0 fully saturated rings. The Labute approximate surface area is 301 Å². The Kier molecular flexibility index (Phi) is 7.40. The van der Waals surface area contributed by atoms with E-state index in [-0.39, 0.29) is 17.4 Å². The second-order valence-electron chi connectivity index (χ2n) is 14.6. The van der Waals surface area contributed by atoms with Crippen LogP contribution in [0.2, 0.25) is 0 Å². The van der Waals surface area contributed by atoms with E-state index in [1.165, 1.54) is 83.0 Å². The van der Waals surface area contributed by atoms with Gasteiger partial charge in [-0.2, -0.15) is 0 Å². The zero-order valence-electron chi connectivity index (χ0n) is 29.5. The monoisotopic (exact) mass is 655 g/mol. The highest BCUT2D eigenvalue weighted by Crippen LogP contribution is 2.53. The van der Waals surface area contributed by atoms with Gasteiger partial charge in [0.2, 0.25) is 0 Å². The molecule has 9 rings (SSSR count). The van der Waals surface area contributed by atoms with E-state index >= 15 is 0 Å². The largest absolute Gasteiger partial charge is 0.332 e. The molecule has 246 valence electrons. The third kappa shape index (κ3) is 4.91. The Hall–Kier alpha value is -5.92. The smallest absolute Gasteiger partial charge is 0.0586 e. The molecular weight excluding hydrogens is 615 g/mol. The van der Waals surface area contributed by atoms with Gasteiger partial charge in [-0.3, -0.25) is 0 Å². The van der Waals surface area contributed by atoms with Crippen LogP contribution in [0.25, 0.3) is 61.0 Å². The Morgan fingerprint density at radius 2 is 1.29 bits per heavy atom. The molecule has 51 heavy (non-hydrogen) atoms. The summed E-state index contributed by atoms with van der Waals surface area (Å²) in [6.07, 6.45) is 11.0. The van der Waals surface area contributed by atoms with Gasteiger partial charge in [-0.1, -0.05) is 179 Å². The van der Waals surface area contributed by atoms with Gasteiger partial charge < -0.3 is 4.90 Å². The number of hydrogen-bond donors (Lipinski definition) is 0. The van der Waals surface area contributed by atoms with Crippen molar-refractivity contribution in [2.24, 2.45) is 5.92 Å². The van der Waals surface area contributed by atoms with Crippen molar-refractivity contribution >= 4 is 39.0 Å². The number of para-hydroxylation sites is 1. The van der Waals surface area contributed by atoms with Gasteiger partial charge in [-0.15, -0.1) is 0 Å². The van der Waals surface area contributed by atoms with Gasteiger partial charge >= 0.3 is 0 Å². The van der Waals surface area contributed by atoms with E-state index in [4.69, 9.17) is 0 Å². The first-order valence-electron chi connectivity index (χ1n) is 18.1. The molecule has 2 aliphatic rings. The van der Waals surface area contributed by atoms with Crippen molar-refractivity contribution in [2.75, 3.05) is 4.90 Å². The molecule has 2 unspecified atom stereocenters. The van der Waals surface area contributed by atoms with Crippen molar-refractivity contribution in [1.82, 2.24) is 0 Å². The van der Waals surface area contributed by atoms with Crippen molar-refractivity contribution in [3.05, 3.63) is 187 Å². The van der Waals surface area contributed by atoms with E-state index in [9.17, 15) is 0 Å². The fourth-order valence-electron chi connectivity index (χ4n) is 8.73. The third-order valence-corrected chi connectivity index (χ3v) is 11.3. The lowest BCUT2D eigenvalue weighted by Gasteiger charge is -2.36. The van der Waals surface area contributed by atoms with Gasteiger partial charge in [-0.25, -0.2) is 0 Å². The first-order chi connectivity index (χ1) is 25.0. The molecule has 0 saturated carbocycles. The summed E-state index contributed by atoms with van der Waals surface area (Å²) >= 11 is 0. The van der Waals surface area contributed by atoms with Crippen molar-refractivity contribution in [3.8, 4) is 33.4 Å². The molecule has 1 heteroatoms. The highest BCUT2D eigenvalue weighted by atomic mass is 15.2. The number of benzene rings is 7. The highest BCUT2D eigenvalue weighted by Gasteiger charge is 2.36. The molecule has 1 aliphatic heterocycles. The first kappa shape index (κ1) is 31.1. The number of rotatable bonds is 5. The molecule has 0 spiro atoms. The number of hydrogen-bond acceptors (Lipinski definition) is 1. The summed E-state index contributed by atoms with van der Waals surface area (Å²) < 4.78 is 0. The molecule has 1 aliphatic carbocycles. The number of anilines is 2. The highest BCUT2D eigenvalue weighted by molar-refractivity contribution is 6.22. The minimum Gasteiger partial charge on any atom is -0.332 e. The predicted octanol–water partition coefficient (Wildman–Crippen LogP) is 13.5. The van der Waals surface area contributed by atoms with Crippen molar-refractivity contribution in [2.45, 2.75) is 32.2 Å². The number of nitrogens with zero attached hydrogens (tertiary/aromatic N) is 1. The van der Waals surface area contributed by atoms with E-state index < -0.39 is 0 Å². The summed E-state index contributed by atoms with van der Waals surface area (Å²) in [6, 6.07) is 52.0. The van der Waals surface area contributed by atoms with Gasteiger partial charge in [-0.05, 0) is 85.0 Å². The molecule has 0 aromatic heterocycles. The van der Waals surface area contributed by atoms with Gasteiger partial charge in [0, 0.05) is 21.9 Å². The van der Waals surface area contributed by atoms with E-state index in [1.54, 1.807) is 0 Å². The molecule has 0 N–H and O–H groups in total. The molecule has 0 amide bonds. The Morgan fingerprint density at radius 1 is 0.608 bits per heavy atom. The lowest BCUT2D eigenvalue weighted by Crippen LogP contribution is -2.34. The maximum Gasteiger partial charge on any atom is 0.0586 e. The van der Waals surface area contributed by atoms with Crippen LogP contribution in [0, 0.1) is 5.92 Å². The zero-order chi connectivity index (χ0) is 34.7. The van der Waals surface area contributed by atoms with Crippen LogP contribution in [0.1, 0.15) is 37.5 Å². The Balaban J connectivity index is 1.40. The van der Waals surface area contributed by atoms with Crippen molar-refractivity contribution in [1.29, 1.82) is 0 Å². The summed E-state index contributed by atoms with van der Waals surface area (Å²) in [5.41, 5.74) is 14.0. The van der Waals surface area contributed by atoms with Crippen LogP contribution in [-0.4, -0.2) is 6.04 Å². The fourth-order valence-corrected chi connectivity index (χ4v) is 8.73. The van der Waals surface area contributed by atoms with E-state index in [0.717, 1.165) is 0 Å². The van der Waals surface area contributed by atoms with Crippen LogP contribution in [0.5, 0.6) is 0 Å². The van der Waals surface area contributed by atoms with Crippen LogP contribution in [0.4, 0.5) is 11.4 Å². The standard InChI is InChI=1S/C50H41N/c1-5-6-23-46-33(2)25-26-35-18-10-15-24-47(35)51(46)49-41-21-12-11-20-40(41)48(43-31-36(27-30-42(43)49)34-16-8-7-9-17-34)37-28-29-39-38-19-13-14-22-44(38)50(3,4)45(39)32-37/h5-33,46H,1H2,2-4H3/b23-6-. The molecule has 0 radical (unpaired) electrons. The van der Waals surface area contributed by atoms with Crippen molar-refractivity contribution in [3.63, 3.8) is 0 Å². The van der Waals surface area contributed by atoms with E-state index in [1.807, 2.05) is 6.08 Å². The quantitative estimate of drug-likeness (QED) is 0.132. The van der Waals surface area contributed by atoms with Gasteiger partial charge in [0.05, 0.1) is 11.7 Å². The summed E-state index contributed by atoms with van der Waals surface area (Å²) in [7, 11) is 0. The SMILES string of the molecule is C=C/C=C\C1C(C)C=Cc2ccccc2N1c1c2ccccc2c(-c2ccc3c(c2)C(C)(C)c2ccccc2-3)c2cc(-c3ccccc3)ccc12. The Bertz CT molecular complexity index is 2550. The molecule has 0 bridgehead atoms. The predicted molar refractivity (Wildman–Crippen MR) is 220 cm³/mol. The maximum absolute atomic E-state index is 4.04. The topological polar surface area (TPSA) is 3.24 Å². The second-order valence-corrected chi connectivity index (χ2v) is 14.6. The molecule has 0 saturated heterocycles. The average molecular weight is 656 g/mol. The molecule has 1 heterocycles. The second kappa shape index (κ2) is 12.1. The maximum atomic E-state index is 4.04. The van der Waals surface area contributed by atoms with Gasteiger partial charge in [0.1, 0.15) is 0 Å². The summed E-state index contributed by atoms with van der Waals surface area (Å²) in [5.74, 6) is 0.256. The molecular formula is C50H41N. The van der Waals surface area contributed by atoms with Crippen molar-refractivity contribution < 1.29 is 0 Å². The normalized spacial score (nSPS) is 17.4. The molecule has 2 atom stereocenters. The lowest BCUT2D eigenvalue weighted by atomic mass is 9.80. The average Bonchev–Trinajstić information content (AvgIpc) is 3.30. The van der Waals surface area contributed by atoms with E-state index in [0.29, 0.717) is 0 Å². The van der Waals surface area contributed by atoms with Crippen LogP contribution < -0.4 is 4.90 Å². The van der Waals surface area contributed by atoms with Crippen LogP contribution in [0.3, 0.4) is 0 Å². The summed E-state index contributed by atoms with van der Waals surface area (Å²) in [6.45, 7) is 11.1. The summed E-state index contributed by atoms with van der Waals surface area (Å²) in [4.78, 5) is 2.60. The van der Waals surface area contributed by atoms with Gasteiger partial charge in [0.25, 0.3) is 0 Å². The van der Waals surface area contributed by atoms with Gasteiger partial charge in [0.15, 0.2) is 0 Å².